The Bertz CT molecular complexity index is 698. The number of methoxy groups -OCH3 is 2. The van der Waals surface area contributed by atoms with E-state index in [1.54, 1.807) is 50.6 Å². The van der Waals surface area contributed by atoms with Crippen LogP contribution in [0.2, 0.25) is 5.02 Å². The monoisotopic (exact) mass is 317 g/mol. The van der Waals surface area contributed by atoms with Crippen molar-refractivity contribution in [3.05, 3.63) is 59.1 Å². The molecule has 0 aliphatic rings. The summed E-state index contributed by atoms with van der Waals surface area (Å²) >= 11 is 5.90. The summed E-state index contributed by atoms with van der Waals surface area (Å²) in [6.07, 6.45) is 3.12. The third-order valence-corrected chi connectivity index (χ3v) is 3.18. The number of rotatable bonds is 5. The molecule has 0 radical (unpaired) electrons. The summed E-state index contributed by atoms with van der Waals surface area (Å²) in [7, 11) is 3.10. The highest BCUT2D eigenvalue weighted by Crippen LogP contribution is 2.28. The fourth-order valence-electron chi connectivity index (χ4n) is 1.87. The average molecular weight is 318 g/mol. The molecule has 1 N–H and O–H groups in total. The molecule has 0 atom stereocenters. The molecule has 0 saturated carbocycles. The molecular formula is C17H16ClNO3. The molecule has 5 heteroatoms. The van der Waals surface area contributed by atoms with E-state index in [0.717, 1.165) is 5.56 Å². The maximum absolute atomic E-state index is 12.0. The minimum atomic E-state index is -0.272. The van der Waals surface area contributed by atoms with Gasteiger partial charge in [0.05, 0.1) is 19.9 Å². The quantitative estimate of drug-likeness (QED) is 0.848. The Morgan fingerprint density at radius 2 is 1.95 bits per heavy atom. The molecular weight excluding hydrogens is 302 g/mol. The lowest BCUT2D eigenvalue weighted by Crippen LogP contribution is -2.09. The van der Waals surface area contributed by atoms with E-state index >= 15 is 0 Å². The van der Waals surface area contributed by atoms with Crippen molar-refractivity contribution in [2.45, 2.75) is 0 Å². The van der Waals surface area contributed by atoms with Crippen molar-refractivity contribution in [1.29, 1.82) is 0 Å². The Morgan fingerprint density at radius 1 is 1.14 bits per heavy atom. The predicted molar refractivity (Wildman–Crippen MR) is 88.7 cm³/mol. The third-order valence-electron chi connectivity index (χ3n) is 2.94. The number of hydrogen-bond donors (Lipinski definition) is 1. The Kier molecular flexibility index (Phi) is 5.44. The molecule has 0 fully saturated rings. The van der Waals surface area contributed by atoms with Gasteiger partial charge in [0.1, 0.15) is 11.5 Å². The first-order chi connectivity index (χ1) is 10.6. The molecule has 1 amide bonds. The van der Waals surface area contributed by atoms with E-state index in [0.29, 0.717) is 22.2 Å². The number of ether oxygens (including phenoxy) is 2. The van der Waals surface area contributed by atoms with E-state index in [-0.39, 0.29) is 5.91 Å². The van der Waals surface area contributed by atoms with Crippen LogP contribution in [0.5, 0.6) is 11.5 Å². The van der Waals surface area contributed by atoms with Crippen molar-refractivity contribution in [2.75, 3.05) is 19.5 Å². The fourth-order valence-corrected chi connectivity index (χ4v) is 2.07. The summed E-state index contributed by atoms with van der Waals surface area (Å²) in [6.45, 7) is 0. The molecule has 0 saturated heterocycles. The third kappa shape index (κ3) is 4.27. The van der Waals surface area contributed by atoms with Gasteiger partial charge in [0.25, 0.3) is 0 Å². The zero-order valence-corrected chi connectivity index (χ0v) is 13.1. The molecule has 0 aromatic heterocycles. The van der Waals surface area contributed by atoms with Gasteiger partial charge >= 0.3 is 0 Å². The van der Waals surface area contributed by atoms with Crippen molar-refractivity contribution in [1.82, 2.24) is 0 Å². The van der Waals surface area contributed by atoms with Crippen LogP contribution in [0, 0.1) is 0 Å². The van der Waals surface area contributed by atoms with Gasteiger partial charge in [-0.15, -0.1) is 0 Å². The maximum Gasteiger partial charge on any atom is 0.248 e. The lowest BCUT2D eigenvalue weighted by atomic mass is 10.2. The van der Waals surface area contributed by atoms with Gasteiger partial charge < -0.3 is 14.8 Å². The Labute approximate surface area is 134 Å². The number of anilines is 1. The summed E-state index contributed by atoms with van der Waals surface area (Å²) in [5.74, 6) is 0.923. The molecule has 114 valence electrons. The summed E-state index contributed by atoms with van der Waals surface area (Å²) < 4.78 is 10.4. The highest BCUT2D eigenvalue weighted by atomic mass is 35.5. The van der Waals surface area contributed by atoms with Crippen LogP contribution in [0.15, 0.2) is 48.5 Å². The van der Waals surface area contributed by atoms with Crippen LogP contribution < -0.4 is 14.8 Å². The van der Waals surface area contributed by atoms with E-state index in [9.17, 15) is 4.79 Å². The van der Waals surface area contributed by atoms with Crippen molar-refractivity contribution < 1.29 is 14.3 Å². The molecule has 0 spiro atoms. The molecule has 2 rings (SSSR count). The highest BCUT2D eigenvalue weighted by Gasteiger charge is 2.07. The zero-order valence-electron chi connectivity index (χ0n) is 12.3. The number of halogens is 1. The number of carbonyl (C=O) groups excluding carboxylic acids is 1. The van der Waals surface area contributed by atoms with Gasteiger partial charge in [0.15, 0.2) is 0 Å². The Balaban J connectivity index is 2.11. The van der Waals surface area contributed by atoms with Gasteiger partial charge in [-0.3, -0.25) is 4.79 Å². The Morgan fingerprint density at radius 3 is 2.64 bits per heavy atom. The van der Waals surface area contributed by atoms with E-state index in [4.69, 9.17) is 21.1 Å². The van der Waals surface area contributed by atoms with Crippen LogP contribution >= 0.6 is 11.6 Å². The smallest absolute Gasteiger partial charge is 0.248 e. The van der Waals surface area contributed by atoms with Gasteiger partial charge in [-0.25, -0.2) is 0 Å². The van der Waals surface area contributed by atoms with E-state index in [1.807, 2.05) is 12.1 Å². The van der Waals surface area contributed by atoms with E-state index < -0.39 is 0 Å². The number of carbonyl (C=O) groups is 1. The average Bonchev–Trinajstić information content (AvgIpc) is 2.53. The minimum Gasteiger partial charge on any atom is -0.497 e. The number of amides is 1. The second kappa shape index (κ2) is 7.52. The summed E-state index contributed by atoms with van der Waals surface area (Å²) in [5.41, 5.74) is 1.39. The van der Waals surface area contributed by atoms with E-state index in [1.165, 1.54) is 6.08 Å². The number of nitrogens with one attached hydrogen (secondary N) is 1. The molecule has 0 aliphatic heterocycles. The molecule has 2 aromatic carbocycles. The Hall–Kier alpha value is -2.46. The van der Waals surface area contributed by atoms with Crippen LogP contribution in [-0.4, -0.2) is 20.1 Å². The van der Waals surface area contributed by atoms with Gasteiger partial charge in [-0.1, -0.05) is 23.7 Å². The lowest BCUT2D eigenvalue weighted by molar-refractivity contribution is -0.111. The molecule has 22 heavy (non-hydrogen) atoms. The number of hydrogen-bond acceptors (Lipinski definition) is 3. The summed E-state index contributed by atoms with van der Waals surface area (Å²) in [4.78, 5) is 12.0. The molecule has 0 unspecified atom stereocenters. The SMILES string of the molecule is COc1ccc(OC)c(NC(=O)/C=C/c2cccc(Cl)c2)c1. The molecule has 0 heterocycles. The van der Waals surface area contributed by atoms with Crippen molar-refractivity contribution >= 4 is 29.3 Å². The van der Waals surface area contributed by atoms with E-state index in [2.05, 4.69) is 5.32 Å². The van der Waals surface area contributed by atoms with Gasteiger partial charge in [0.2, 0.25) is 5.91 Å². The molecule has 0 aliphatic carbocycles. The molecule has 4 nitrogen and oxygen atoms in total. The first-order valence-corrected chi connectivity index (χ1v) is 6.97. The van der Waals surface area contributed by atoms with Crippen molar-refractivity contribution in [3.8, 4) is 11.5 Å². The van der Waals surface area contributed by atoms with Crippen LogP contribution in [0.3, 0.4) is 0 Å². The van der Waals surface area contributed by atoms with Crippen LogP contribution in [0.25, 0.3) is 6.08 Å². The van der Waals surface area contributed by atoms with Crippen molar-refractivity contribution in [2.24, 2.45) is 0 Å². The second-order valence-electron chi connectivity index (χ2n) is 4.44. The van der Waals surface area contributed by atoms with Gasteiger partial charge in [-0.05, 0) is 35.9 Å². The largest absolute Gasteiger partial charge is 0.497 e. The van der Waals surface area contributed by atoms with Crippen molar-refractivity contribution in [3.63, 3.8) is 0 Å². The normalized spacial score (nSPS) is 10.5. The summed E-state index contributed by atoms with van der Waals surface area (Å²) in [5, 5.41) is 3.38. The van der Waals surface area contributed by atoms with Crippen LogP contribution in [0.4, 0.5) is 5.69 Å². The highest BCUT2D eigenvalue weighted by molar-refractivity contribution is 6.30. The second-order valence-corrected chi connectivity index (χ2v) is 4.88. The fraction of sp³-hybridized carbons (Fsp3) is 0.118. The zero-order chi connectivity index (χ0) is 15.9. The first kappa shape index (κ1) is 15.9. The molecule has 0 bridgehead atoms. The predicted octanol–water partition coefficient (Wildman–Crippen LogP) is 4.01. The van der Waals surface area contributed by atoms with Crippen LogP contribution in [-0.2, 0) is 4.79 Å². The van der Waals surface area contributed by atoms with Crippen LogP contribution in [0.1, 0.15) is 5.56 Å². The standard InChI is InChI=1S/C17H16ClNO3/c1-21-14-7-8-16(22-2)15(11-14)19-17(20)9-6-12-4-3-5-13(18)10-12/h3-11H,1-2H3,(H,19,20)/b9-6+. The maximum atomic E-state index is 12.0. The van der Waals surface area contributed by atoms with Gasteiger partial charge in [0, 0.05) is 17.2 Å². The first-order valence-electron chi connectivity index (χ1n) is 6.59. The van der Waals surface area contributed by atoms with Gasteiger partial charge in [-0.2, -0.15) is 0 Å². The summed E-state index contributed by atoms with van der Waals surface area (Å²) in [6, 6.07) is 12.4. The topological polar surface area (TPSA) is 47.6 Å². The number of benzene rings is 2. The molecule has 2 aromatic rings. The lowest BCUT2D eigenvalue weighted by Gasteiger charge is -2.10. The minimum absolute atomic E-state index is 0.272.